The van der Waals surface area contributed by atoms with Gasteiger partial charge >= 0.3 is 0 Å². The monoisotopic (exact) mass is 487 g/mol. The van der Waals surface area contributed by atoms with Crippen LogP contribution in [0.4, 0.5) is 0 Å². The van der Waals surface area contributed by atoms with Crippen LogP contribution in [0.15, 0.2) is 78.0 Å². The highest BCUT2D eigenvalue weighted by atomic mass is 16.6. The van der Waals surface area contributed by atoms with Crippen molar-refractivity contribution in [2.75, 3.05) is 27.9 Å². The molecule has 8 heteroatoms. The van der Waals surface area contributed by atoms with Gasteiger partial charge in [0, 0.05) is 18.5 Å². The molecule has 1 aliphatic rings. The summed E-state index contributed by atoms with van der Waals surface area (Å²) in [6.45, 7) is 0.502. The van der Waals surface area contributed by atoms with Crippen molar-refractivity contribution >= 4 is 17.5 Å². The van der Waals surface area contributed by atoms with E-state index in [1.54, 1.807) is 37.3 Å². The predicted octanol–water partition coefficient (Wildman–Crippen LogP) is 3.90. The Morgan fingerprint density at radius 3 is 2.28 bits per heavy atom. The van der Waals surface area contributed by atoms with Crippen molar-refractivity contribution in [3.63, 3.8) is 0 Å². The molecule has 1 heterocycles. The maximum absolute atomic E-state index is 13.4. The minimum Gasteiger partial charge on any atom is -0.493 e. The van der Waals surface area contributed by atoms with Gasteiger partial charge in [-0.2, -0.15) is 0 Å². The van der Waals surface area contributed by atoms with Gasteiger partial charge in [0.1, 0.15) is 13.2 Å². The van der Waals surface area contributed by atoms with Crippen molar-refractivity contribution in [3.05, 3.63) is 83.9 Å². The highest BCUT2D eigenvalue weighted by molar-refractivity contribution is 6.05. The van der Waals surface area contributed by atoms with Crippen LogP contribution in [0.1, 0.15) is 22.3 Å². The van der Waals surface area contributed by atoms with Crippen molar-refractivity contribution in [3.8, 4) is 22.6 Å². The van der Waals surface area contributed by atoms with Crippen molar-refractivity contribution < 1.29 is 23.9 Å². The number of amides is 2. The minimum atomic E-state index is -0.694. The van der Waals surface area contributed by atoms with Crippen LogP contribution in [-0.2, 0) is 16.2 Å². The molecule has 1 fully saturated rings. The molecule has 0 saturated carbocycles. The van der Waals surface area contributed by atoms with Gasteiger partial charge in [0.05, 0.1) is 26.5 Å². The molecular formula is C28H29N3O5. The van der Waals surface area contributed by atoms with E-state index in [0.29, 0.717) is 29.2 Å². The fraction of sp³-hybridized carbons (Fsp3) is 0.250. The van der Waals surface area contributed by atoms with Gasteiger partial charge < -0.3 is 24.5 Å². The van der Waals surface area contributed by atoms with Crippen molar-refractivity contribution in [2.45, 2.75) is 19.0 Å². The van der Waals surface area contributed by atoms with Crippen molar-refractivity contribution in [2.24, 2.45) is 5.16 Å². The van der Waals surface area contributed by atoms with Gasteiger partial charge in [-0.1, -0.05) is 53.7 Å². The van der Waals surface area contributed by atoms with Crippen LogP contribution in [0.3, 0.4) is 0 Å². The molecule has 1 N–H and O–H groups in total. The minimum absolute atomic E-state index is 0.224. The fourth-order valence-electron chi connectivity index (χ4n) is 4.25. The zero-order valence-electron chi connectivity index (χ0n) is 20.6. The Bertz CT molecular complexity index is 1240. The molecule has 3 aromatic rings. The second kappa shape index (κ2) is 11.4. The molecule has 8 nitrogen and oxygen atoms in total. The molecule has 0 aliphatic carbocycles. The Balaban J connectivity index is 1.49. The summed E-state index contributed by atoms with van der Waals surface area (Å²) in [5.74, 6) is 0.691. The number of likely N-dealkylation sites (tertiary alicyclic amines) is 1. The summed E-state index contributed by atoms with van der Waals surface area (Å²) in [5, 5.41) is 6.94. The van der Waals surface area contributed by atoms with E-state index in [-0.39, 0.29) is 24.9 Å². The molecule has 0 unspecified atom stereocenters. The molecule has 0 spiro atoms. The second-order valence-electron chi connectivity index (χ2n) is 8.34. The SMILES string of the molecule is CON=C1C[C@@H](C(=O)NCc2ccc(OC)c(OC)c2)N(C(=O)c2ccc(-c3ccccc3)cc2)C1. The fourth-order valence-corrected chi connectivity index (χ4v) is 4.25. The molecule has 3 aromatic carbocycles. The normalized spacial score (nSPS) is 16.0. The van der Waals surface area contributed by atoms with Gasteiger partial charge in [-0.25, -0.2) is 0 Å². The number of hydrogen-bond acceptors (Lipinski definition) is 6. The second-order valence-corrected chi connectivity index (χ2v) is 8.34. The van der Waals surface area contributed by atoms with Crippen LogP contribution in [0, 0.1) is 0 Å². The number of benzene rings is 3. The van der Waals surface area contributed by atoms with E-state index in [4.69, 9.17) is 14.3 Å². The van der Waals surface area contributed by atoms with Crippen LogP contribution in [0.2, 0.25) is 0 Å². The summed E-state index contributed by atoms with van der Waals surface area (Å²) < 4.78 is 10.6. The third-order valence-corrected chi connectivity index (χ3v) is 6.10. The number of carbonyl (C=O) groups excluding carboxylic acids is 2. The van der Waals surface area contributed by atoms with E-state index >= 15 is 0 Å². The predicted molar refractivity (Wildman–Crippen MR) is 137 cm³/mol. The molecule has 4 rings (SSSR count). The molecular weight excluding hydrogens is 458 g/mol. The summed E-state index contributed by atoms with van der Waals surface area (Å²) in [6.07, 6.45) is 0.305. The number of ether oxygens (including phenoxy) is 2. The van der Waals surface area contributed by atoms with Crippen LogP contribution >= 0.6 is 0 Å². The molecule has 1 saturated heterocycles. The zero-order chi connectivity index (χ0) is 25.5. The van der Waals surface area contributed by atoms with Gasteiger partial charge in [0.2, 0.25) is 5.91 Å². The van der Waals surface area contributed by atoms with Gasteiger partial charge in [0.25, 0.3) is 5.91 Å². The van der Waals surface area contributed by atoms with Gasteiger partial charge in [0.15, 0.2) is 11.5 Å². The van der Waals surface area contributed by atoms with Crippen LogP contribution < -0.4 is 14.8 Å². The molecule has 0 bridgehead atoms. The number of oxime groups is 1. The van der Waals surface area contributed by atoms with Gasteiger partial charge in [-0.15, -0.1) is 0 Å². The Hall–Kier alpha value is -4.33. The standard InChI is InChI=1S/C28H29N3O5/c1-34-25-14-9-19(15-26(25)35-2)17-29-27(32)24-16-23(30-36-3)18-31(24)28(33)22-12-10-21(11-13-22)20-7-5-4-6-8-20/h4-15,24H,16-18H2,1-3H3,(H,29,32)/t24-/m0/s1. The molecule has 0 aromatic heterocycles. The number of nitrogens with zero attached hydrogens (tertiary/aromatic N) is 2. The Morgan fingerprint density at radius 1 is 0.917 bits per heavy atom. The molecule has 186 valence electrons. The molecule has 36 heavy (non-hydrogen) atoms. The Labute approximate surface area is 210 Å². The van der Waals surface area contributed by atoms with Crippen molar-refractivity contribution in [1.29, 1.82) is 0 Å². The van der Waals surface area contributed by atoms with E-state index < -0.39 is 6.04 Å². The number of nitrogens with one attached hydrogen (secondary N) is 1. The maximum Gasteiger partial charge on any atom is 0.254 e. The van der Waals surface area contributed by atoms with E-state index in [2.05, 4.69) is 10.5 Å². The lowest BCUT2D eigenvalue weighted by Crippen LogP contribution is -2.45. The summed E-state index contributed by atoms with van der Waals surface area (Å²) in [6, 6.07) is 22.1. The summed E-state index contributed by atoms with van der Waals surface area (Å²) in [7, 11) is 4.58. The first kappa shape index (κ1) is 24.8. The highest BCUT2D eigenvalue weighted by Gasteiger charge is 2.38. The lowest BCUT2D eigenvalue weighted by molar-refractivity contribution is -0.124. The Morgan fingerprint density at radius 2 is 1.61 bits per heavy atom. The third kappa shape index (κ3) is 5.49. The van der Waals surface area contributed by atoms with E-state index in [9.17, 15) is 9.59 Å². The van der Waals surface area contributed by atoms with Gasteiger partial charge in [-0.05, 0) is 41.0 Å². The first-order valence-corrected chi connectivity index (χ1v) is 11.6. The summed E-state index contributed by atoms with van der Waals surface area (Å²) >= 11 is 0. The number of methoxy groups -OCH3 is 2. The van der Waals surface area contributed by atoms with Crippen LogP contribution in [0.25, 0.3) is 11.1 Å². The largest absolute Gasteiger partial charge is 0.493 e. The van der Waals surface area contributed by atoms with E-state index in [1.807, 2.05) is 54.6 Å². The lowest BCUT2D eigenvalue weighted by Gasteiger charge is -2.23. The first-order valence-electron chi connectivity index (χ1n) is 11.6. The quantitative estimate of drug-likeness (QED) is 0.487. The smallest absolute Gasteiger partial charge is 0.254 e. The van der Waals surface area contributed by atoms with Gasteiger partial charge in [-0.3, -0.25) is 9.59 Å². The summed E-state index contributed by atoms with van der Waals surface area (Å²) in [5.41, 5.74) is 4.07. The zero-order valence-corrected chi connectivity index (χ0v) is 20.6. The average molecular weight is 488 g/mol. The van der Waals surface area contributed by atoms with Crippen LogP contribution in [0.5, 0.6) is 11.5 Å². The highest BCUT2D eigenvalue weighted by Crippen LogP contribution is 2.28. The van der Waals surface area contributed by atoms with E-state index in [0.717, 1.165) is 16.7 Å². The maximum atomic E-state index is 13.4. The number of rotatable bonds is 8. The molecule has 1 atom stereocenters. The lowest BCUT2D eigenvalue weighted by atomic mass is 10.0. The molecule has 1 aliphatic heterocycles. The van der Waals surface area contributed by atoms with Crippen LogP contribution in [-0.4, -0.2) is 56.3 Å². The summed E-state index contributed by atoms with van der Waals surface area (Å²) in [4.78, 5) is 33.0. The van der Waals surface area contributed by atoms with E-state index in [1.165, 1.54) is 7.11 Å². The first-order chi connectivity index (χ1) is 17.5. The molecule has 2 amide bonds. The topological polar surface area (TPSA) is 89.5 Å². The number of carbonyl (C=O) groups is 2. The third-order valence-electron chi connectivity index (χ3n) is 6.10. The van der Waals surface area contributed by atoms with Crippen molar-refractivity contribution in [1.82, 2.24) is 10.2 Å². The average Bonchev–Trinajstić information content (AvgIpc) is 3.36. The Kier molecular flexibility index (Phi) is 7.85. The number of hydrogen-bond donors (Lipinski definition) is 1. The molecule has 0 radical (unpaired) electrons.